The van der Waals surface area contributed by atoms with Crippen LogP contribution in [0.5, 0.6) is 0 Å². The molecule has 0 heterocycles. The Morgan fingerprint density at radius 2 is 1.07 bits per heavy atom. The average Bonchev–Trinajstić information content (AvgIpc) is 3.05. The molecule has 0 amide bonds. The second kappa shape index (κ2) is 15.4. The summed E-state index contributed by atoms with van der Waals surface area (Å²) in [5.74, 6) is 0.654. The van der Waals surface area contributed by atoms with E-state index in [0.29, 0.717) is 17.4 Å². The lowest BCUT2D eigenvalue weighted by atomic mass is 9.84. The van der Waals surface area contributed by atoms with Crippen molar-refractivity contribution in [1.82, 2.24) is 0 Å². The molecule has 0 N–H and O–H groups in total. The molecule has 222 valence electrons. The molecule has 0 aliphatic heterocycles. The number of alkyl halides is 1. The van der Waals surface area contributed by atoms with Gasteiger partial charge in [0.1, 0.15) is 17.1 Å². The first-order valence-electron chi connectivity index (χ1n) is 15.5. The van der Waals surface area contributed by atoms with E-state index < -0.39 is 5.97 Å². The van der Waals surface area contributed by atoms with Gasteiger partial charge in [0.15, 0.2) is 14.7 Å². The topological polar surface area (TPSA) is 52.6 Å². The van der Waals surface area contributed by atoms with Gasteiger partial charge >= 0.3 is 11.9 Å². The van der Waals surface area contributed by atoms with Gasteiger partial charge in [0, 0.05) is 0 Å². The zero-order valence-electron chi connectivity index (χ0n) is 24.6. The summed E-state index contributed by atoms with van der Waals surface area (Å²) in [5.41, 5.74) is 3.42. The quantitative estimate of drug-likeness (QED) is 0.0697. The lowest BCUT2D eigenvalue weighted by molar-refractivity contribution is -0.143. The van der Waals surface area contributed by atoms with E-state index in [9.17, 15) is 9.59 Å². The van der Waals surface area contributed by atoms with Gasteiger partial charge in [0.2, 0.25) is 0 Å². The standard InChI is InChI=1S/C36H42IO4S/c1-26(37)35(38)40-24-25-41-36(39)31-16-22-34(23-17-31)42(32-18-12-29(13-19-32)27-8-4-2-5-9-27)33-20-14-30(15-21-33)28-10-6-3-7-11-28/h12-23,26-28H,2-11,24-25H2,1H3/q+1. The van der Waals surface area contributed by atoms with Gasteiger partial charge in [-0.15, -0.1) is 0 Å². The molecule has 42 heavy (non-hydrogen) atoms. The number of ether oxygens (including phenoxy) is 2. The summed E-state index contributed by atoms with van der Waals surface area (Å²) in [5, 5.41) is 0. The molecule has 6 heteroatoms. The molecule has 2 aliphatic carbocycles. The van der Waals surface area contributed by atoms with E-state index in [4.69, 9.17) is 9.47 Å². The maximum atomic E-state index is 12.7. The van der Waals surface area contributed by atoms with Crippen molar-refractivity contribution < 1.29 is 19.1 Å². The highest BCUT2D eigenvalue weighted by Crippen LogP contribution is 2.37. The maximum Gasteiger partial charge on any atom is 0.338 e. The lowest BCUT2D eigenvalue weighted by Crippen LogP contribution is -2.18. The highest BCUT2D eigenvalue weighted by Gasteiger charge is 2.30. The SMILES string of the molecule is CC(I)C(=O)OCCOC(=O)c1ccc([S+](c2ccc(C3CCCCC3)cc2)c2ccc(C3CCCCC3)cc2)cc1. The summed E-state index contributed by atoms with van der Waals surface area (Å²) in [4.78, 5) is 28.0. The Bertz CT molecular complexity index is 1230. The molecule has 0 aromatic heterocycles. The van der Waals surface area contributed by atoms with Crippen LogP contribution in [0.4, 0.5) is 0 Å². The zero-order chi connectivity index (χ0) is 29.3. The molecule has 0 bridgehead atoms. The Labute approximate surface area is 267 Å². The minimum atomic E-state index is -0.409. The number of hydrogen-bond donors (Lipinski definition) is 0. The van der Waals surface area contributed by atoms with E-state index in [0.717, 1.165) is 0 Å². The van der Waals surface area contributed by atoms with E-state index in [-0.39, 0.29) is 34.0 Å². The summed E-state index contributed by atoms with van der Waals surface area (Å²) < 4.78 is 10.2. The van der Waals surface area contributed by atoms with Crippen LogP contribution in [0.15, 0.2) is 87.5 Å². The number of hydrogen-bond acceptors (Lipinski definition) is 4. The minimum Gasteiger partial charge on any atom is -0.461 e. The molecule has 5 rings (SSSR count). The van der Waals surface area contributed by atoms with Crippen LogP contribution in [0.3, 0.4) is 0 Å². The molecule has 0 radical (unpaired) electrons. The fourth-order valence-corrected chi connectivity index (χ4v) is 8.46. The van der Waals surface area contributed by atoms with Crippen molar-refractivity contribution >= 4 is 45.4 Å². The third-order valence-electron chi connectivity index (χ3n) is 8.60. The van der Waals surface area contributed by atoms with E-state index in [2.05, 4.69) is 60.7 Å². The number of rotatable bonds is 10. The van der Waals surface area contributed by atoms with Crippen molar-refractivity contribution in [2.45, 2.75) is 102 Å². The normalized spacial score (nSPS) is 17.1. The molecule has 3 aromatic carbocycles. The molecule has 4 nitrogen and oxygen atoms in total. The van der Waals surface area contributed by atoms with Gasteiger partial charge in [-0.3, -0.25) is 4.79 Å². The van der Waals surface area contributed by atoms with Gasteiger partial charge in [-0.05, 0) is 104 Å². The fourth-order valence-electron chi connectivity index (χ4n) is 6.23. The number of halogens is 1. The fraction of sp³-hybridized carbons (Fsp3) is 0.444. The molecule has 0 spiro atoms. The highest BCUT2D eigenvalue weighted by molar-refractivity contribution is 14.1. The first-order chi connectivity index (χ1) is 20.5. The first-order valence-corrected chi connectivity index (χ1v) is 18.0. The summed E-state index contributed by atoms with van der Waals surface area (Å²) >= 11 is 2.00. The Kier molecular flexibility index (Phi) is 11.4. The molecule has 2 fully saturated rings. The van der Waals surface area contributed by atoms with Gasteiger partial charge in [-0.25, -0.2) is 4.79 Å². The monoisotopic (exact) mass is 697 g/mol. The molecular weight excluding hydrogens is 655 g/mol. The predicted molar refractivity (Wildman–Crippen MR) is 178 cm³/mol. The minimum absolute atomic E-state index is 0.0424. The molecular formula is C36H42IO4S+. The van der Waals surface area contributed by atoms with Gasteiger partial charge in [-0.2, -0.15) is 0 Å². The van der Waals surface area contributed by atoms with E-state index in [1.165, 1.54) is 90.0 Å². The number of carbonyl (C=O) groups excluding carboxylic acids is 2. The third-order valence-corrected chi connectivity index (χ3v) is 11.3. The van der Waals surface area contributed by atoms with Crippen molar-refractivity contribution in [3.05, 3.63) is 89.5 Å². The van der Waals surface area contributed by atoms with Crippen LogP contribution in [0.2, 0.25) is 0 Å². The molecule has 2 aliphatic rings. The van der Waals surface area contributed by atoms with Gasteiger partial charge in [0.05, 0.1) is 16.5 Å². The Balaban J connectivity index is 1.34. The number of carbonyl (C=O) groups is 2. The van der Waals surface area contributed by atoms with Gasteiger partial charge < -0.3 is 9.47 Å². The molecule has 3 aromatic rings. The molecule has 2 saturated carbocycles. The van der Waals surface area contributed by atoms with Crippen molar-refractivity contribution in [1.29, 1.82) is 0 Å². The van der Waals surface area contributed by atoms with Crippen LogP contribution >= 0.6 is 22.6 Å². The predicted octanol–water partition coefficient (Wildman–Crippen LogP) is 9.40. The number of esters is 2. The lowest BCUT2D eigenvalue weighted by Gasteiger charge is -2.22. The maximum absolute atomic E-state index is 12.7. The summed E-state index contributed by atoms with van der Waals surface area (Å²) in [7, 11) is -0.289. The van der Waals surface area contributed by atoms with E-state index in [1.54, 1.807) is 6.92 Å². The van der Waals surface area contributed by atoms with Gasteiger partial charge in [-0.1, -0.05) is 85.4 Å². The second-order valence-corrected chi connectivity index (χ2v) is 15.5. The van der Waals surface area contributed by atoms with Crippen molar-refractivity contribution in [2.75, 3.05) is 13.2 Å². The Hall–Kier alpha value is -2.32. The Morgan fingerprint density at radius 1 is 0.667 bits per heavy atom. The summed E-state index contributed by atoms with van der Waals surface area (Å²) in [6, 6.07) is 26.5. The van der Waals surface area contributed by atoms with Crippen molar-refractivity contribution in [3.63, 3.8) is 0 Å². The van der Waals surface area contributed by atoms with Crippen molar-refractivity contribution in [2.24, 2.45) is 0 Å². The number of benzene rings is 3. The first kappa shape index (κ1) is 31.1. The van der Waals surface area contributed by atoms with Gasteiger partial charge in [0.25, 0.3) is 0 Å². The van der Waals surface area contributed by atoms with Crippen LogP contribution in [0.25, 0.3) is 0 Å². The van der Waals surface area contributed by atoms with Crippen LogP contribution in [0.1, 0.15) is 104 Å². The van der Waals surface area contributed by atoms with Crippen LogP contribution in [-0.2, 0) is 25.2 Å². The smallest absolute Gasteiger partial charge is 0.338 e. The largest absolute Gasteiger partial charge is 0.461 e. The zero-order valence-corrected chi connectivity index (χ0v) is 27.5. The van der Waals surface area contributed by atoms with E-state index >= 15 is 0 Å². The average molecular weight is 698 g/mol. The summed E-state index contributed by atoms with van der Waals surface area (Å²) in [6.07, 6.45) is 13.3. The van der Waals surface area contributed by atoms with Crippen molar-refractivity contribution in [3.8, 4) is 0 Å². The summed E-state index contributed by atoms with van der Waals surface area (Å²) in [6.45, 7) is 1.87. The van der Waals surface area contributed by atoms with Crippen LogP contribution in [0, 0.1) is 0 Å². The molecule has 1 atom stereocenters. The Morgan fingerprint density at radius 3 is 1.50 bits per heavy atom. The molecule has 0 saturated heterocycles. The third kappa shape index (κ3) is 8.19. The second-order valence-electron chi connectivity index (χ2n) is 11.6. The van der Waals surface area contributed by atoms with Crippen LogP contribution in [-0.4, -0.2) is 29.1 Å². The highest BCUT2D eigenvalue weighted by atomic mass is 127. The van der Waals surface area contributed by atoms with E-state index in [1.807, 2.05) is 34.7 Å². The molecule has 1 unspecified atom stereocenters. The van der Waals surface area contributed by atoms with Crippen LogP contribution < -0.4 is 0 Å².